The summed E-state index contributed by atoms with van der Waals surface area (Å²) in [7, 11) is -4.97. The van der Waals surface area contributed by atoms with E-state index in [2.05, 4.69) is 6.92 Å². The van der Waals surface area contributed by atoms with Gasteiger partial charge in [0.2, 0.25) is 0 Å². The number of aliphatic hydroxyl groups excluding tert-OH is 2. The van der Waals surface area contributed by atoms with Crippen molar-refractivity contribution in [3.8, 4) is 0 Å². The topological polar surface area (TPSA) is 186 Å². The SMILES string of the molecule is C[C@]12C=CC(=O)C=C1CC[C@@H]1[C@@H]2[C@@H](O)C[C@@]2(C)[C@H]1C[C@H]1O[C@@H](c3ccc(Cc4cc(N)cc(CO)c4)cc3)O[C@]12C(=O)COP(=O)(O)O. The molecule has 0 amide bonds. The van der Waals surface area contributed by atoms with Gasteiger partial charge in [-0.25, -0.2) is 4.57 Å². The average Bonchev–Trinajstić information content (AvgIpc) is 3.52. The molecule has 4 fully saturated rings. The molecule has 0 unspecified atom stereocenters. The monoisotopic (exact) mass is 679 g/mol. The first kappa shape index (κ1) is 33.5. The van der Waals surface area contributed by atoms with E-state index in [9.17, 15) is 34.2 Å². The van der Waals surface area contributed by atoms with E-state index in [4.69, 9.17) is 19.7 Å². The molecule has 4 aliphatic carbocycles. The highest BCUT2D eigenvalue weighted by atomic mass is 31.2. The summed E-state index contributed by atoms with van der Waals surface area (Å²) in [5, 5.41) is 21.5. The molecule has 0 bridgehead atoms. The van der Waals surface area contributed by atoms with E-state index in [0.717, 1.165) is 28.7 Å². The quantitative estimate of drug-likeness (QED) is 0.200. The highest BCUT2D eigenvalue weighted by molar-refractivity contribution is 7.46. The van der Waals surface area contributed by atoms with Crippen LogP contribution in [-0.4, -0.2) is 56.0 Å². The molecular weight excluding hydrogens is 637 g/mol. The van der Waals surface area contributed by atoms with Gasteiger partial charge in [-0.2, -0.15) is 0 Å². The lowest BCUT2D eigenvalue weighted by molar-refractivity contribution is -0.200. The summed E-state index contributed by atoms with van der Waals surface area (Å²) in [5.41, 5.74) is 7.86. The van der Waals surface area contributed by atoms with Crippen LogP contribution < -0.4 is 5.73 Å². The lowest BCUT2D eigenvalue weighted by Crippen LogP contribution is -2.63. The summed E-state index contributed by atoms with van der Waals surface area (Å²) >= 11 is 0. The highest BCUT2D eigenvalue weighted by Crippen LogP contribution is 2.70. The lowest BCUT2D eigenvalue weighted by atomic mass is 9.46. The second-order valence-electron chi connectivity index (χ2n) is 14.6. The van der Waals surface area contributed by atoms with Gasteiger partial charge in [0.1, 0.15) is 6.61 Å². The van der Waals surface area contributed by atoms with E-state index in [1.807, 2.05) is 49.4 Å². The number of ketones is 2. The highest BCUT2D eigenvalue weighted by Gasteiger charge is 2.76. The molecule has 7 rings (SSSR count). The molecule has 0 spiro atoms. The fourth-order valence-corrected chi connectivity index (χ4v) is 10.3. The van der Waals surface area contributed by atoms with Gasteiger partial charge in [0.15, 0.2) is 23.5 Å². The van der Waals surface area contributed by atoms with Gasteiger partial charge in [0, 0.05) is 28.0 Å². The Morgan fingerprint density at radius 2 is 1.83 bits per heavy atom. The number of rotatable bonds is 8. The number of carbonyl (C=O) groups excluding carboxylic acids is 2. The van der Waals surface area contributed by atoms with E-state index in [-0.39, 0.29) is 36.6 Å². The normalized spacial score (nSPS) is 37.0. The minimum atomic E-state index is -4.97. The number of fused-ring (bicyclic) bond motifs is 7. The first-order valence-corrected chi connectivity index (χ1v) is 18.0. The maximum absolute atomic E-state index is 14.2. The molecule has 0 aromatic heterocycles. The van der Waals surface area contributed by atoms with Gasteiger partial charge in [0.05, 0.1) is 18.8 Å². The standard InChI is InChI=1S/C36H42NO10P/c1-34-10-9-26(39)15-24(34)7-8-27-28-16-31-36(30(41)19-45-48(42,43)44,35(28,2)17-29(40)32(27)34)47-33(46-31)23-5-3-20(4-6-23)11-21-12-22(18-38)14-25(37)13-21/h3-6,9-10,12-15,27-29,31-33,38,40H,7-8,11,16-19,37H2,1-2H3,(H2,42,43,44)/t27-,28-,29-,31+,32+,33+,34-,35-,36+/m0/s1. The van der Waals surface area contributed by atoms with Crippen LogP contribution in [0.3, 0.4) is 0 Å². The largest absolute Gasteiger partial charge is 0.470 e. The van der Waals surface area contributed by atoms with Gasteiger partial charge in [-0.1, -0.05) is 55.8 Å². The van der Waals surface area contributed by atoms with Gasteiger partial charge < -0.3 is 35.2 Å². The number of benzene rings is 2. The van der Waals surface area contributed by atoms with Crippen LogP contribution in [0.25, 0.3) is 0 Å². The van der Waals surface area contributed by atoms with Crippen LogP contribution in [0.4, 0.5) is 5.69 Å². The van der Waals surface area contributed by atoms with E-state index in [1.54, 1.807) is 18.2 Å². The zero-order valence-electron chi connectivity index (χ0n) is 27.0. The van der Waals surface area contributed by atoms with Crippen molar-refractivity contribution in [2.45, 2.75) is 76.7 Å². The first-order valence-electron chi connectivity index (χ1n) is 16.4. The predicted octanol–water partition coefficient (Wildman–Crippen LogP) is 4.07. The van der Waals surface area contributed by atoms with E-state index in [1.165, 1.54) is 0 Å². The van der Waals surface area contributed by atoms with Crippen LogP contribution in [0.15, 0.2) is 66.3 Å². The van der Waals surface area contributed by atoms with E-state index in [0.29, 0.717) is 30.5 Å². The number of allylic oxidation sites excluding steroid dienone is 4. The molecular formula is C36H42NO10P. The zero-order chi connectivity index (χ0) is 34.2. The van der Waals surface area contributed by atoms with Crippen molar-refractivity contribution in [2.24, 2.45) is 28.6 Å². The number of phosphoric acid groups is 1. The minimum absolute atomic E-state index is 0.0139. The fraction of sp³-hybridized carbons (Fsp3) is 0.500. The molecule has 1 heterocycles. The molecule has 2 aromatic carbocycles. The summed E-state index contributed by atoms with van der Waals surface area (Å²) in [6.07, 6.45) is 5.31. The Morgan fingerprint density at radius 3 is 2.54 bits per heavy atom. The second-order valence-corrected chi connectivity index (χ2v) is 15.8. The summed E-state index contributed by atoms with van der Waals surface area (Å²) in [6.45, 7) is 3.02. The molecule has 1 saturated heterocycles. The smallest absolute Gasteiger partial charge is 0.399 e. The van der Waals surface area contributed by atoms with Gasteiger partial charge in [-0.3, -0.25) is 14.1 Å². The molecule has 11 nitrogen and oxygen atoms in total. The Hall–Kier alpha value is -2.99. The molecule has 5 aliphatic rings. The zero-order valence-corrected chi connectivity index (χ0v) is 27.8. The number of hydrogen-bond acceptors (Lipinski definition) is 9. The molecule has 0 radical (unpaired) electrons. The number of aliphatic hydroxyl groups is 2. The van der Waals surface area contributed by atoms with Crippen molar-refractivity contribution in [3.05, 3.63) is 88.5 Å². The molecule has 2 aromatic rings. The Labute approximate surface area is 279 Å². The van der Waals surface area contributed by atoms with E-state index < -0.39 is 55.1 Å². The average molecular weight is 680 g/mol. The van der Waals surface area contributed by atoms with Crippen molar-refractivity contribution in [3.63, 3.8) is 0 Å². The van der Waals surface area contributed by atoms with Gasteiger partial charge >= 0.3 is 7.82 Å². The van der Waals surface area contributed by atoms with Crippen LogP contribution in [0.2, 0.25) is 0 Å². The predicted molar refractivity (Wildman–Crippen MR) is 174 cm³/mol. The molecule has 6 N–H and O–H groups in total. The number of ether oxygens (including phenoxy) is 2. The van der Waals surface area contributed by atoms with Crippen LogP contribution in [-0.2, 0) is 41.2 Å². The third-order valence-electron chi connectivity index (χ3n) is 11.9. The third kappa shape index (κ3) is 5.36. The second kappa shape index (κ2) is 11.8. The Balaban J connectivity index is 1.19. The number of nitrogen functional groups attached to an aromatic ring is 1. The molecule has 256 valence electrons. The maximum Gasteiger partial charge on any atom is 0.470 e. The van der Waals surface area contributed by atoms with Crippen LogP contribution in [0.5, 0.6) is 0 Å². The fourth-order valence-electron chi connectivity index (χ4n) is 9.98. The van der Waals surface area contributed by atoms with Crippen LogP contribution >= 0.6 is 7.82 Å². The number of phosphoric ester groups is 1. The number of hydrogen-bond donors (Lipinski definition) is 5. The Bertz CT molecular complexity index is 1750. The minimum Gasteiger partial charge on any atom is -0.399 e. The molecule has 3 saturated carbocycles. The third-order valence-corrected chi connectivity index (χ3v) is 12.4. The van der Waals surface area contributed by atoms with Gasteiger partial charge in [0.25, 0.3) is 0 Å². The van der Waals surface area contributed by atoms with Crippen LogP contribution in [0, 0.1) is 28.6 Å². The molecule has 12 heteroatoms. The Kier molecular flexibility index (Phi) is 8.25. The maximum atomic E-state index is 14.2. The molecule has 9 atom stereocenters. The number of nitrogens with two attached hydrogens (primary N) is 1. The lowest BCUT2D eigenvalue weighted by Gasteiger charge is -2.59. The van der Waals surface area contributed by atoms with Crippen molar-refractivity contribution >= 4 is 25.1 Å². The van der Waals surface area contributed by atoms with Crippen LogP contribution in [0.1, 0.15) is 68.1 Å². The summed E-state index contributed by atoms with van der Waals surface area (Å²) in [4.78, 5) is 45.4. The number of carbonyl (C=O) groups is 2. The summed E-state index contributed by atoms with van der Waals surface area (Å²) in [6, 6.07) is 13.1. The molecule has 1 aliphatic heterocycles. The first-order chi connectivity index (χ1) is 22.7. The molecule has 48 heavy (non-hydrogen) atoms. The van der Waals surface area contributed by atoms with Gasteiger partial charge in [-0.15, -0.1) is 0 Å². The van der Waals surface area contributed by atoms with Crippen molar-refractivity contribution < 1.29 is 48.2 Å². The van der Waals surface area contributed by atoms with Crippen molar-refractivity contribution in [1.29, 1.82) is 0 Å². The van der Waals surface area contributed by atoms with Crippen molar-refractivity contribution in [2.75, 3.05) is 12.3 Å². The van der Waals surface area contributed by atoms with E-state index >= 15 is 0 Å². The Morgan fingerprint density at radius 1 is 1.10 bits per heavy atom. The van der Waals surface area contributed by atoms with Crippen molar-refractivity contribution in [1.82, 2.24) is 0 Å². The number of anilines is 1. The van der Waals surface area contributed by atoms with Gasteiger partial charge in [-0.05, 0) is 84.9 Å². The number of Topliss-reactive ketones (excluding diaryl/α,β-unsaturated/α-hetero) is 1. The summed E-state index contributed by atoms with van der Waals surface area (Å²) in [5.74, 6) is -0.987. The summed E-state index contributed by atoms with van der Waals surface area (Å²) < 4.78 is 29.7.